The Morgan fingerprint density at radius 1 is 0.975 bits per heavy atom. The summed E-state index contributed by atoms with van der Waals surface area (Å²) in [5.74, 6) is -0.448. The van der Waals surface area contributed by atoms with E-state index in [1.165, 1.54) is 5.56 Å². The molecule has 2 heterocycles. The summed E-state index contributed by atoms with van der Waals surface area (Å²) in [4.78, 5) is 10.8. The number of allylic oxidation sites excluding steroid dienone is 2. The van der Waals surface area contributed by atoms with Gasteiger partial charge < -0.3 is 29.2 Å². The number of carboxylic acid groups (broad SMARTS) is 1. The normalized spacial score (nSPS) is 30.0. The quantitative estimate of drug-likeness (QED) is 0.179. The molecule has 224 valence electrons. The average molecular weight is 559 g/mol. The number of rotatable bonds is 16. The fraction of sp³-hybridized carbons (Fsp3) is 0.727. The molecule has 1 aromatic carbocycles. The molecular formula is C33H50O7. The van der Waals surface area contributed by atoms with Crippen molar-refractivity contribution in [2.45, 2.75) is 127 Å². The Morgan fingerprint density at radius 3 is 2.42 bits per heavy atom. The molecular weight excluding hydrogens is 508 g/mol. The fourth-order valence-corrected chi connectivity index (χ4v) is 6.46. The second kappa shape index (κ2) is 17.2. The highest BCUT2D eigenvalue weighted by Crippen LogP contribution is 2.41. The van der Waals surface area contributed by atoms with Gasteiger partial charge in [-0.25, -0.2) is 0 Å². The second-order valence-electron chi connectivity index (χ2n) is 11.8. The van der Waals surface area contributed by atoms with Gasteiger partial charge in [-0.1, -0.05) is 42.5 Å². The third-order valence-corrected chi connectivity index (χ3v) is 8.70. The van der Waals surface area contributed by atoms with Crippen LogP contribution >= 0.6 is 0 Å². The number of aliphatic hydroxyl groups excluding tert-OH is 1. The molecule has 40 heavy (non-hydrogen) atoms. The molecule has 2 N–H and O–H groups in total. The molecule has 7 heteroatoms. The van der Waals surface area contributed by atoms with Crippen LogP contribution in [0.5, 0.6) is 0 Å². The molecule has 2 unspecified atom stereocenters. The SMILES string of the molecule is O=C(O)CCC/C=C\C[C@@H]1[C@@H](CC[C@H](CCc2ccccc2)OC2CCCCO2)[C@@H](OC2CCCCO2)C[C@@H]1O. The van der Waals surface area contributed by atoms with E-state index in [4.69, 9.17) is 24.1 Å². The lowest BCUT2D eigenvalue weighted by molar-refractivity contribution is -0.200. The van der Waals surface area contributed by atoms with Crippen LogP contribution in [0, 0.1) is 11.8 Å². The van der Waals surface area contributed by atoms with Crippen LogP contribution in [0.2, 0.25) is 0 Å². The van der Waals surface area contributed by atoms with Crippen LogP contribution in [0.3, 0.4) is 0 Å². The highest BCUT2D eigenvalue weighted by molar-refractivity contribution is 5.66. The van der Waals surface area contributed by atoms with E-state index in [0.717, 1.165) is 90.3 Å². The molecule has 2 aliphatic heterocycles. The molecule has 0 amide bonds. The first-order chi connectivity index (χ1) is 19.6. The maximum atomic E-state index is 11.1. The number of ether oxygens (including phenoxy) is 4. The minimum atomic E-state index is -0.757. The summed E-state index contributed by atoms with van der Waals surface area (Å²) >= 11 is 0. The van der Waals surface area contributed by atoms with Gasteiger partial charge in [0.1, 0.15) is 0 Å². The molecule has 1 saturated carbocycles. The van der Waals surface area contributed by atoms with Crippen molar-refractivity contribution in [1.29, 1.82) is 0 Å². The average Bonchev–Trinajstić information content (AvgIpc) is 3.26. The molecule has 7 atom stereocenters. The zero-order valence-corrected chi connectivity index (χ0v) is 24.0. The summed E-state index contributed by atoms with van der Waals surface area (Å²) in [6, 6.07) is 10.6. The van der Waals surface area contributed by atoms with Gasteiger partial charge in [-0.05, 0) is 101 Å². The van der Waals surface area contributed by atoms with Gasteiger partial charge in [0.25, 0.3) is 0 Å². The van der Waals surface area contributed by atoms with Crippen molar-refractivity contribution in [3.05, 3.63) is 48.0 Å². The van der Waals surface area contributed by atoms with E-state index in [1.54, 1.807) is 0 Å². The van der Waals surface area contributed by atoms with Crippen molar-refractivity contribution in [1.82, 2.24) is 0 Å². The van der Waals surface area contributed by atoms with Crippen LogP contribution in [-0.2, 0) is 30.2 Å². The first kappa shape index (κ1) is 31.2. The van der Waals surface area contributed by atoms with Crippen LogP contribution in [0.15, 0.2) is 42.5 Å². The number of aliphatic carboxylic acids is 1. The molecule has 1 aliphatic carbocycles. The van der Waals surface area contributed by atoms with Crippen LogP contribution in [0.1, 0.15) is 95.5 Å². The summed E-state index contributed by atoms with van der Waals surface area (Å²) < 4.78 is 24.9. The number of carbonyl (C=O) groups is 1. The fourth-order valence-electron chi connectivity index (χ4n) is 6.46. The molecule has 2 saturated heterocycles. The Balaban J connectivity index is 1.39. The van der Waals surface area contributed by atoms with Gasteiger partial charge in [-0.3, -0.25) is 4.79 Å². The number of hydrogen-bond acceptors (Lipinski definition) is 6. The largest absolute Gasteiger partial charge is 0.481 e. The van der Waals surface area contributed by atoms with E-state index in [0.29, 0.717) is 12.8 Å². The predicted octanol–water partition coefficient (Wildman–Crippen LogP) is 6.42. The number of benzene rings is 1. The molecule has 0 radical (unpaired) electrons. The second-order valence-corrected chi connectivity index (χ2v) is 11.8. The van der Waals surface area contributed by atoms with Crippen LogP contribution in [0.25, 0.3) is 0 Å². The summed E-state index contributed by atoms with van der Waals surface area (Å²) in [5.41, 5.74) is 1.32. The van der Waals surface area contributed by atoms with E-state index in [1.807, 2.05) is 0 Å². The summed E-state index contributed by atoms with van der Waals surface area (Å²) in [5, 5.41) is 20.0. The zero-order chi connectivity index (χ0) is 28.0. The molecule has 0 spiro atoms. The van der Waals surface area contributed by atoms with Crippen LogP contribution < -0.4 is 0 Å². The molecule has 1 aromatic rings. The smallest absolute Gasteiger partial charge is 0.303 e. The van der Waals surface area contributed by atoms with Crippen molar-refractivity contribution in [3.8, 4) is 0 Å². The summed E-state index contributed by atoms with van der Waals surface area (Å²) in [7, 11) is 0. The lowest BCUT2D eigenvalue weighted by Gasteiger charge is -2.32. The molecule has 7 nitrogen and oxygen atoms in total. The topological polar surface area (TPSA) is 94.5 Å². The van der Waals surface area contributed by atoms with Crippen molar-refractivity contribution in [2.24, 2.45) is 11.8 Å². The number of aliphatic hydroxyl groups is 1. The van der Waals surface area contributed by atoms with Gasteiger partial charge in [0.05, 0.1) is 18.3 Å². The number of hydrogen-bond donors (Lipinski definition) is 2. The van der Waals surface area contributed by atoms with Gasteiger partial charge in [0.2, 0.25) is 0 Å². The van der Waals surface area contributed by atoms with E-state index >= 15 is 0 Å². The van der Waals surface area contributed by atoms with Gasteiger partial charge >= 0.3 is 5.97 Å². The van der Waals surface area contributed by atoms with E-state index in [2.05, 4.69) is 42.5 Å². The first-order valence-corrected chi connectivity index (χ1v) is 15.7. The van der Waals surface area contributed by atoms with Crippen molar-refractivity contribution in [2.75, 3.05) is 13.2 Å². The Kier molecular flexibility index (Phi) is 13.4. The number of unbranched alkanes of at least 4 members (excludes halogenated alkanes) is 1. The molecule has 3 aliphatic rings. The van der Waals surface area contributed by atoms with Gasteiger partial charge in [-0.15, -0.1) is 0 Å². The minimum absolute atomic E-state index is 0.0378. The third kappa shape index (κ3) is 10.6. The molecule has 3 fully saturated rings. The zero-order valence-electron chi connectivity index (χ0n) is 24.0. The van der Waals surface area contributed by atoms with Crippen LogP contribution in [0.4, 0.5) is 0 Å². The maximum absolute atomic E-state index is 11.1. The summed E-state index contributed by atoms with van der Waals surface area (Å²) in [6.45, 7) is 1.51. The van der Waals surface area contributed by atoms with Crippen molar-refractivity contribution < 1.29 is 34.0 Å². The molecule has 4 rings (SSSR count). The van der Waals surface area contributed by atoms with Gasteiger partial charge in [-0.2, -0.15) is 0 Å². The third-order valence-electron chi connectivity index (χ3n) is 8.70. The lowest BCUT2D eigenvalue weighted by atomic mass is 9.85. The standard InChI is InChI=1S/C33H50O7/c34-29-24-30(40-33-17-9-11-23-38-33)28(27(29)14-6-1-2-7-15-31(35)36)21-20-26(39-32-16-8-10-22-37-32)19-18-25-12-4-3-5-13-25/h1,3-6,12-13,26-30,32-34H,2,7-11,14-24H2,(H,35,36)/b6-1-/t26-,27+,28+,29-,30-,32?,33?/m0/s1. The summed E-state index contributed by atoms with van der Waals surface area (Å²) in [6.07, 6.45) is 16.5. The highest BCUT2D eigenvalue weighted by atomic mass is 16.7. The monoisotopic (exact) mass is 558 g/mol. The molecule has 0 aromatic heterocycles. The minimum Gasteiger partial charge on any atom is -0.481 e. The number of carboxylic acids is 1. The first-order valence-electron chi connectivity index (χ1n) is 15.7. The van der Waals surface area contributed by atoms with Crippen LogP contribution in [-0.4, -0.2) is 60.3 Å². The number of aryl methyl sites for hydroxylation is 1. The Morgan fingerprint density at radius 2 is 1.73 bits per heavy atom. The van der Waals surface area contributed by atoms with Gasteiger partial charge in [0.15, 0.2) is 12.6 Å². The Bertz CT molecular complexity index is 863. The maximum Gasteiger partial charge on any atom is 0.303 e. The van der Waals surface area contributed by atoms with Crippen molar-refractivity contribution in [3.63, 3.8) is 0 Å². The highest BCUT2D eigenvalue weighted by Gasteiger charge is 2.43. The van der Waals surface area contributed by atoms with E-state index in [-0.39, 0.29) is 43.0 Å². The lowest BCUT2D eigenvalue weighted by Crippen LogP contribution is -2.33. The van der Waals surface area contributed by atoms with E-state index in [9.17, 15) is 9.90 Å². The van der Waals surface area contributed by atoms with Crippen molar-refractivity contribution >= 4 is 5.97 Å². The predicted molar refractivity (Wildman–Crippen MR) is 154 cm³/mol. The molecule has 0 bridgehead atoms. The Labute approximate surface area is 240 Å². The Hall–Kier alpha value is -1.77. The van der Waals surface area contributed by atoms with Gasteiger partial charge in [0, 0.05) is 26.1 Å². The van der Waals surface area contributed by atoms with E-state index < -0.39 is 12.1 Å².